The highest BCUT2D eigenvalue weighted by atomic mass is 16.5. The number of esters is 1. The van der Waals surface area contributed by atoms with Crippen LogP contribution < -0.4 is 5.01 Å². The summed E-state index contributed by atoms with van der Waals surface area (Å²) in [5.41, 5.74) is 1.67. The molecule has 5 heteroatoms. The minimum Gasteiger partial charge on any atom is -0.460 e. The van der Waals surface area contributed by atoms with E-state index >= 15 is 0 Å². The number of hydrazone groups is 1. The summed E-state index contributed by atoms with van der Waals surface area (Å²) in [7, 11) is 0. The number of amidine groups is 1. The van der Waals surface area contributed by atoms with Crippen LogP contribution in [0.15, 0.2) is 65.8 Å². The summed E-state index contributed by atoms with van der Waals surface area (Å²) in [5, 5.41) is 6.58. The molecule has 1 aliphatic heterocycles. The number of ether oxygens (including phenoxy) is 1. The van der Waals surface area contributed by atoms with Crippen LogP contribution in [-0.2, 0) is 9.53 Å². The molecular formula is C21H25N3O2. The van der Waals surface area contributed by atoms with Crippen LogP contribution >= 0.6 is 0 Å². The zero-order chi connectivity index (χ0) is 18.7. The summed E-state index contributed by atoms with van der Waals surface area (Å²) in [4.78, 5) is 14.7. The topological polar surface area (TPSA) is 45.1 Å². The Morgan fingerprint density at radius 2 is 1.62 bits per heavy atom. The Bertz CT molecular complexity index is 782. The van der Waals surface area contributed by atoms with Gasteiger partial charge in [0.25, 0.3) is 0 Å². The highest BCUT2D eigenvalue weighted by Gasteiger charge is 2.45. The van der Waals surface area contributed by atoms with Crippen LogP contribution in [0.5, 0.6) is 0 Å². The molecule has 0 saturated heterocycles. The molecular weight excluding hydrogens is 326 g/mol. The van der Waals surface area contributed by atoms with Crippen molar-refractivity contribution >= 4 is 17.5 Å². The van der Waals surface area contributed by atoms with Crippen molar-refractivity contribution in [3.8, 4) is 0 Å². The molecule has 0 bridgehead atoms. The lowest BCUT2D eigenvalue weighted by molar-refractivity contribution is -0.136. The SMILES string of the molecule is CCOC(=O)C1=NN(c2ccccc2)C(c2ccccc2)N1C(C)(C)C. The second-order valence-electron chi connectivity index (χ2n) is 7.15. The second kappa shape index (κ2) is 7.20. The summed E-state index contributed by atoms with van der Waals surface area (Å²) in [6.45, 7) is 8.35. The number of hydrogen-bond donors (Lipinski definition) is 0. The average molecular weight is 351 g/mol. The van der Waals surface area contributed by atoms with Gasteiger partial charge in [0.15, 0.2) is 6.17 Å². The molecule has 0 fully saturated rings. The standard InChI is InChI=1S/C21H25N3O2/c1-5-26-20(25)18-22-24(17-14-10-7-11-15-17)19(23(18)21(2,3)4)16-12-8-6-9-13-16/h6-15,19H,5H2,1-4H3. The molecule has 2 aromatic rings. The number of benzene rings is 2. The van der Waals surface area contributed by atoms with Gasteiger partial charge in [-0.15, -0.1) is 5.10 Å². The van der Waals surface area contributed by atoms with Crippen LogP contribution in [0.3, 0.4) is 0 Å². The van der Waals surface area contributed by atoms with E-state index in [0.717, 1.165) is 11.3 Å². The Morgan fingerprint density at radius 3 is 2.15 bits per heavy atom. The minimum absolute atomic E-state index is 0.224. The van der Waals surface area contributed by atoms with E-state index < -0.39 is 5.97 Å². The molecule has 5 nitrogen and oxygen atoms in total. The number of carbonyl (C=O) groups excluding carboxylic acids is 1. The van der Waals surface area contributed by atoms with Crippen molar-refractivity contribution in [1.82, 2.24) is 4.90 Å². The first kappa shape index (κ1) is 18.0. The maximum Gasteiger partial charge on any atom is 0.376 e. The van der Waals surface area contributed by atoms with Crippen molar-refractivity contribution in [2.45, 2.75) is 39.4 Å². The van der Waals surface area contributed by atoms with Gasteiger partial charge in [0.05, 0.1) is 12.3 Å². The number of para-hydroxylation sites is 1. The molecule has 136 valence electrons. The van der Waals surface area contributed by atoms with Gasteiger partial charge in [0.1, 0.15) is 0 Å². The maximum atomic E-state index is 12.6. The van der Waals surface area contributed by atoms with Gasteiger partial charge in [-0.05, 0) is 45.4 Å². The molecule has 0 spiro atoms. The fraction of sp³-hybridized carbons (Fsp3) is 0.333. The lowest BCUT2D eigenvalue weighted by Gasteiger charge is -2.40. The third kappa shape index (κ3) is 3.43. The molecule has 1 aliphatic rings. The first-order chi connectivity index (χ1) is 12.4. The lowest BCUT2D eigenvalue weighted by Crippen LogP contribution is -2.49. The normalized spacial score (nSPS) is 17.2. The Kier molecular flexibility index (Phi) is 4.98. The maximum absolute atomic E-state index is 12.6. The van der Waals surface area contributed by atoms with Crippen LogP contribution in [0, 0.1) is 0 Å². The lowest BCUT2D eigenvalue weighted by atomic mass is 10.0. The number of anilines is 1. The van der Waals surface area contributed by atoms with E-state index in [2.05, 4.69) is 38.0 Å². The molecule has 0 saturated carbocycles. The molecule has 0 aromatic heterocycles. The van der Waals surface area contributed by atoms with E-state index in [1.807, 2.05) is 58.4 Å². The quantitative estimate of drug-likeness (QED) is 0.775. The van der Waals surface area contributed by atoms with Gasteiger partial charge >= 0.3 is 5.97 Å². The summed E-state index contributed by atoms with van der Waals surface area (Å²) < 4.78 is 5.28. The Hall–Kier alpha value is -2.82. The van der Waals surface area contributed by atoms with Crippen molar-refractivity contribution < 1.29 is 9.53 Å². The number of hydrogen-bond acceptors (Lipinski definition) is 5. The zero-order valence-electron chi connectivity index (χ0n) is 15.7. The third-order valence-corrected chi connectivity index (χ3v) is 4.21. The first-order valence-corrected chi connectivity index (χ1v) is 8.87. The number of rotatable bonds is 4. The van der Waals surface area contributed by atoms with E-state index in [9.17, 15) is 4.79 Å². The van der Waals surface area contributed by atoms with Gasteiger partial charge in [0, 0.05) is 5.54 Å². The molecule has 2 aromatic carbocycles. The molecule has 0 amide bonds. The zero-order valence-corrected chi connectivity index (χ0v) is 15.7. The Morgan fingerprint density at radius 1 is 1.04 bits per heavy atom. The predicted octanol–water partition coefficient (Wildman–Crippen LogP) is 4.18. The molecule has 0 radical (unpaired) electrons. The predicted molar refractivity (Wildman–Crippen MR) is 104 cm³/mol. The number of carbonyl (C=O) groups is 1. The van der Waals surface area contributed by atoms with Gasteiger partial charge in [0.2, 0.25) is 5.84 Å². The smallest absolute Gasteiger partial charge is 0.376 e. The fourth-order valence-electron chi connectivity index (χ4n) is 3.14. The summed E-state index contributed by atoms with van der Waals surface area (Å²) in [5.74, 6) is -0.0705. The van der Waals surface area contributed by atoms with Crippen molar-refractivity contribution in [3.63, 3.8) is 0 Å². The van der Waals surface area contributed by atoms with Crippen molar-refractivity contribution in [2.24, 2.45) is 5.10 Å². The van der Waals surface area contributed by atoms with Crippen LogP contribution in [0.25, 0.3) is 0 Å². The molecule has 1 unspecified atom stereocenters. The van der Waals surface area contributed by atoms with E-state index in [1.165, 1.54) is 0 Å². The van der Waals surface area contributed by atoms with Crippen LogP contribution in [0.1, 0.15) is 39.4 Å². The summed E-state index contributed by atoms with van der Waals surface area (Å²) >= 11 is 0. The minimum atomic E-state index is -0.401. The molecule has 0 N–H and O–H groups in total. The van der Waals surface area contributed by atoms with E-state index in [-0.39, 0.29) is 11.7 Å². The van der Waals surface area contributed by atoms with Gasteiger partial charge in [-0.1, -0.05) is 48.5 Å². The first-order valence-electron chi connectivity index (χ1n) is 8.87. The van der Waals surface area contributed by atoms with Crippen molar-refractivity contribution in [2.75, 3.05) is 11.6 Å². The van der Waals surface area contributed by atoms with E-state index in [0.29, 0.717) is 12.4 Å². The fourth-order valence-corrected chi connectivity index (χ4v) is 3.14. The monoisotopic (exact) mass is 351 g/mol. The van der Waals surface area contributed by atoms with E-state index in [4.69, 9.17) is 4.74 Å². The van der Waals surface area contributed by atoms with E-state index in [1.54, 1.807) is 6.92 Å². The molecule has 3 rings (SSSR count). The molecule has 26 heavy (non-hydrogen) atoms. The van der Waals surface area contributed by atoms with Crippen LogP contribution in [0.4, 0.5) is 5.69 Å². The molecule has 1 heterocycles. The van der Waals surface area contributed by atoms with Crippen LogP contribution in [0.2, 0.25) is 0 Å². The van der Waals surface area contributed by atoms with Crippen LogP contribution in [-0.4, -0.2) is 28.9 Å². The summed E-state index contributed by atoms with van der Waals surface area (Å²) in [6.07, 6.45) is -0.224. The molecule has 1 atom stereocenters. The third-order valence-electron chi connectivity index (χ3n) is 4.21. The average Bonchev–Trinajstić information content (AvgIpc) is 3.04. The Labute approximate surface area is 154 Å². The van der Waals surface area contributed by atoms with Gasteiger partial charge in [-0.2, -0.15) is 0 Å². The largest absolute Gasteiger partial charge is 0.460 e. The number of nitrogens with zero attached hydrogens (tertiary/aromatic N) is 3. The van der Waals surface area contributed by atoms with Gasteiger partial charge in [-0.3, -0.25) is 0 Å². The van der Waals surface area contributed by atoms with Gasteiger partial charge < -0.3 is 9.64 Å². The highest BCUT2D eigenvalue weighted by Crippen LogP contribution is 2.39. The Balaban J connectivity index is 2.14. The van der Waals surface area contributed by atoms with Crippen molar-refractivity contribution in [3.05, 3.63) is 66.2 Å². The highest BCUT2D eigenvalue weighted by molar-refractivity contribution is 6.36. The van der Waals surface area contributed by atoms with Gasteiger partial charge in [-0.25, -0.2) is 9.80 Å². The summed E-state index contributed by atoms with van der Waals surface area (Å²) in [6, 6.07) is 20.0. The molecule has 0 aliphatic carbocycles. The second-order valence-corrected chi connectivity index (χ2v) is 7.15. The van der Waals surface area contributed by atoms with Crippen molar-refractivity contribution in [1.29, 1.82) is 0 Å².